The van der Waals surface area contributed by atoms with Gasteiger partial charge in [0.05, 0.1) is 5.52 Å². The van der Waals surface area contributed by atoms with Crippen molar-refractivity contribution >= 4 is 17.1 Å². The SMILES string of the molecule is Cn1c(=O)oc2cc(C3CCN(C(N)=O)C(C4CCCCC4)C3)ccc21. The summed E-state index contributed by atoms with van der Waals surface area (Å²) in [6.07, 6.45) is 8.01. The van der Waals surface area contributed by atoms with Gasteiger partial charge in [-0.2, -0.15) is 0 Å². The molecule has 6 heteroatoms. The molecule has 1 saturated carbocycles. The fourth-order valence-electron chi connectivity index (χ4n) is 4.94. The Morgan fingerprint density at radius 3 is 2.69 bits per heavy atom. The molecule has 140 valence electrons. The van der Waals surface area contributed by atoms with E-state index in [0.29, 0.717) is 24.0 Å². The summed E-state index contributed by atoms with van der Waals surface area (Å²) in [7, 11) is 1.72. The summed E-state index contributed by atoms with van der Waals surface area (Å²) in [5, 5.41) is 0. The molecule has 4 rings (SSSR count). The number of nitrogens with zero attached hydrogens (tertiary/aromatic N) is 2. The first-order chi connectivity index (χ1) is 12.5. The first-order valence-electron chi connectivity index (χ1n) is 9.70. The second-order valence-corrected chi connectivity index (χ2v) is 7.87. The van der Waals surface area contributed by atoms with Crippen molar-refractivity contribution in [2.75, 3.05) is 6.54 Å². The standard InChI is InChI=1S/C20H27N3O3/c1-22-16-8-7-14(12-18(16)26-20(22)25)15-9-10-23(19(21)24)17(11-15)13-5-3-2-4-6-13/h7-8,12-13,15,17H,2-6,9-11H2,1H3,(H2,21,24). The fourth-order valence-corrected chi connectivity index (χ4v) is 4.94. The lowest BCUT2D eigenvalue weighted by Gasteiger charge is -2.44. The number of benzene rings is 1. The maximum Gasteiger partial charge on any atom is 0.419 e. The predicted octanol–water partition coefficient (Wildman–Crippen LogP) is 3.34. The number of likely N-dealkylation sites (tertiary alicyclic amines) is 1. The molecule has 2 N–H and O–H groups in total. The van der Waals surface area contributed by atoms with Crippen LogP contribution < -0.4 is 11.5 Å². The number of rotatable bonds is 2. The number of oxazole rings is 1. The number of aromatic nitrogens is 1. The molecule has 2 heterocycles. The van der Waals surface area contributed by atoms with Crippen LogP contribution in [-0.4, -0.2) is 28.1 Å². The summed E-state index contributed by atoms with van der Waals surface area (Å²) in [4.78, 5) is 25.6. The molecule has 0 bridgehead atoms. The van der Waals surface area contributed by atoms with Crippen LogP contribution in [-0.2, 0) is 7.05 Å². The maximum atomic E-state index is 12.0. The van der Waals surface area contributed by atoms with E-state index < -0.39 is 0 Å². The van der Waals surface area contributed by atoms with Crippen LogP contribution in [0.4, 0.5) is 4.79 Å². The smallest absolute Gasteiger partial charge is 0.408 e. The van der Waals surface area contributed by atoms with E-state index in [-0.39, 0.29) is 17.8 Å². The molecule has 1 aliphatic carbocycles. The Balaban J connectivity index is 1.61. The Morgan fingerprint density at radius 2 is 1.96 bits per heavy atom. The predicted molar refractivity (Wildman–Crippen MR) is 100 cm³/mol. The highest BCUT2D eigenvalue weighted by Gasteiger charge is 2.36. The van der Waals surface area contributed by atoms with Crippen molar-refractivity contribution in [2.24, 2.45) is 18.7 Å². The van der Waals surface area contributed by atoms with E-state index in [1.165, 1.54) is 42.2 Å². The zero-order chi connectivity index (χ0) is 18.3. The van der Waals surface area contributed by atoms with E-state index in [4.69, 9.17) is 10.2 Å². The van der Waals surface area contributed by atoms with Gasteiger partial charge in [-0.15, -0.1) is 0 Å². The topological polar surface area (TPSA) is 81.5 Å². The number of carbonyl (C=O) groups excluding carboxylic acids is 1. The molecule has 1 aromatic heterocycles. The van der Waals surface area contributed by atoms with Crippen LogP contribution in [0.1, 0.15) is 56.4 Å². The van der Waals surface area contributed by atoms with Gasteiger partial charge >= 0.3 is 11.8 Å². The van der Waals surface area contributed by atoms with Crippen molar-refractivity contribution in [2.45, 2.75) is 56.9 Å². The van der Waals surface area contributed by atoms with Gasteiger partial charge in [-0.25, -0.2) is 9.59 Å². The number of hydrogen-bond acceptors (Lipinski definition) is 3. The third-order valence-corrected chi connectivity index (χ3v) is 6.41. The first kappa shape index (κ1) is 17.2. The number of aryl methyl sites for hydroxylation is 1. The molecule has 2 aliphatic rings. The second-order valence-electron chi connectivity index (χ2n) is 7.87. The molecule has 26 heavy (non-hydrogen) atoms. The molecule has 6 nitrogen and oxygen atoms in total. The van der Waals surface area contributed by atoms with Gasteiger partial charge in [0.2, 0.25) is 0 Å². The monoisotopic (exact) mass is 357 g/mol. The van der Waals surface area contributed by atoms with Gasteiger partial charge in [-0.1, -0.05) is 25.3 Å². The average Bonchev–Trinajstić information content (AvgIpc) is 2.95. The lowest BCUT2D eigenvalue weighted by atomic mass is 9.75. The molecular formula is C20H27N3O3. The Labute approximate surface area is 152 Å². The van der Waals surface area contributed by atoms with Gasteiger partial charge in [0.15, 0.2) is 5.58 Å². The first-order valence-corrected chi connectivity index (χ1v) is 9.70. The lowest BCUT2D eigenvalue weighted by Crippen LogP contribution is -2.51. The summed E-state index contributed by atoms with van der Waals surface area (Å²) in [5.74, 6) is 0.589. The molecule has 0 radical (unpaired) electrons. The van der Waals surface area contributed by atoms with Gasteiger partial charge < -0.3 is 15.1 Å². The molecular weight excluding hydrogens is 330 g/mol. The van der Waals surface area contributed by atoms with Crippen molar-refractivity contribution < 1.29 is 9.21 Å². The van der Waals surface area contributed by atoms with Crippen LogP contribution in [0.15, 0.2) is 27.4 Å². The minimum absolute atomic E-state index is 0.227. The van der Waals surface area contributed by atoms with E-state index in [1.54, 1.807) is 7.05 Å². The van der Waals surface area contributed by atoms with E-state index in [9.17, 15) is 9.59 Å². The van der Waals surface area contributed by atoms with Crippen molar-refractivity contribution in [3.63, 3.8) is 0 Å². The van der Waals surface area contributed by atoms with Crippen molar-refractivity contribution in [1.82, 2.24) is 9.47 Å². The number of nitrogens with two attached hydrogens (primary N) is 1. The minimum atomic E-state index is -0.333. The third-order valence-electron chi connectivity index (χ3n) is 6.41. The minimum Gasteiger partial charge on any atom is -0.408 e. The van der Waals surface area contributed by atoms with Crippen LogP contribution in [0.3, 0.4) is 0 Å². The fraction of sp³-hybridized carbons (Fsp3) is 0.600. The second kappa shape index (κ2) is 6.82. The van der Waals surface area contributed by atoms with E-state index in [2.05, 4.69) is 6.07 Å². The van der Waals surface area contributed by atoms with Crippen LogP contribution in [0.25, 0.3) is 11.1 Å². The van der Waals surface area contributed by atoms with Gasteiger partial charge in [-0.3, -0.25) is 4.57 Å². The summed E-state index contributed by atoms with van der Waals surface area (Å²) in [6, 6.07) is 6.00. The van der Waals surface area contributed by atoms with Gasteiger partial charge in [0.25, 0.3) is 0 Å². The summed E-state index contributed by atoms with van der Waals surface area (Å²) in [5.41, 5.74) is 8.33. The highest BCUT2D eigenvalue weighted by Crippen LogP contribution is 2.39. The van der Waals surface area contributed by atoms with Crippen LogP contribution in [0, 0.1) is 5.92 Å². The largest absolute Gasteiger partial charge is 0.419 e. The Kier molecular flexibility index (Phi) is 4.51. The number of carbonyl (C=O) groups is 1. The molecule has 2 unspecified atom stereocenters. The highest BCUT2D eigenvalue weighted by molar-refractivity contribution is 5.74. The molecule has 1 saturated heterocycles. The number of piperidine rings is 1. The maximum absolute atomic E-state index is 12.0. The van der Waals surface area contributed by atoms with E-state index in [1.807, 2.05) is 17.0 Å². The quantitative estimate of drug-likeness (QED) is 0.895. The van der Waals surface area contributed by atoms with Crippen LogP contribution in [0.5, 0.6) is 0 Å². The molecule has 2 amide bonds. The van der Waals surface area contributed by atoms with Crippen molar-refractivity contribution in [1.29, 1.82) is 0 Å². The molecule has 2 fully saturated rings. The Hall–Kier alpha value is -2.24. The van der Waals surface area contributed by atoms with Crippen LogP contribution in [0.2, 0.25) is 0 Å². The third kappa shape index (κ3) is 3.02. The number of urea groups is 1. The molecule has 0 spiro atoms. The zero-order valence-corrected chi connectivity index (χ0v) is 15.3. The summed E-state index contributed by atoms with van der Waals surface area (Å²) >= 11 is 0. The van der Waals surface area contributed by atoms with E-state index in [0.717, 1.165) is 18.4 Å². The normalized spacial score (nSPS) is 24.9. The lowest BCUT2D eigenvalue weighted by molar-refractivity contribution is 0.0983. The van der Waals surface area contributed by atoms with E-state index >= 15 is 0 Å². The zero-order valence-electron chi connectivity index (χ0n) is 15.3. The summed E-state index contributed by atoms with van der Waals surface area (Å²) in [6.45, 7) is 0.706. The van der Waals surface area contributed by atoms with Gasteiger partial charge in [0, 0.05) is 19.6 Å². The van der Waals surface area contributed by atoms with Gasteiger partial charge in [0.1, 0.15) is 0 Å². The van der Waals surface area contributed by atoms with Gasteiger partial charge in [-0.05, 0) is 55.2 Å². The Morgan fingerprint density at radius 1 is 1.19 bits per heavy atom. The molecule has 1 aliphatic heterocycles. The number of hydrogen-bond donors (Lipinski definition) is 1. The van der Waals surface area contributed by atoms with Crippen LogP contribution >= 0.6 is 0 Å². The molecule has 2 atom stereocenters. The number of primary amides is 1. The average molecular weight is 357 g/mol. The number of fused-ring (bicyclic) bond motifs is 1. The summed E-state index contributed by atoms with van der Waals surface area (Å²) < 4.78 is 6.88. The number of amides is 2. The van der Waals surface area contributed by atoms with Crippen molar-refractivity contribution in [3.8, 4) is 0 Å². The molecule has 2 aromatic rings. The Bertz CT molecular complexity index is 863. The van der Waals surface area contributed by atoms with Crippen molar-refractivity contribution in [3.05, 3.63) is 34.3 Å². The molecule has 1 aromatic carbocycles. The highest BCUT2D eigenvalue weighted by atomic mass is 16.4.